The van der Waals surface area contributed by atoms with Gasteiger partial charge in [-0.2, -0.15) is 0 Å². The van der Waals surface area contributed by atoms with Crippen molar-refractivity contribution in [2.24, 2.45) is 11.8 Å². The van der Waals surface area contributed by atoms with Crippen LogP contribution in [0.25, 0.3) is 21.1 Å². The van der Waals surface area contributed by atoms with E-state index in [1.807, 2.05) is 81.4 Å². The zero-order valence-electron chi connectivity index (χ0n) is 24.9. The van der Waals surface area contributed by atoms with Crippen LogP contribution in [0.2, 0.25) is 0 Å². The van der Waals surface area contributed by atoms with Gasteiger partial charge in [0.25, 0.3) is 5.91 Å². The number of aromatic amines is 1. The maximum Gasteiger partial charge on any atom is 0.268 e. The van der Waals surface area contributed by atoms with Gasteiger partial charge < -0.3 is 25.8 Å². The summed E-state index contributed by atoms with van der Waals surface area (Å²) in [4.78, 5) is 63.5. The largest absolute Gasteiger partial charge is 0.356 e. The van der Waals surface area contributed by atoms with Crippen molar-refractivity contribution in [3.63, 3.8) is 0 Å². The Labute approximate surface area is 254 Å². The lowest BCUT2D eigenvalue weighted by Gasteiger charge is -2.25. The van der Waals surface area contributed by atoms with Crippen molar-refractivity contribution in [2.45, 2.75) is 51.7 Å². The summed E-state index contributed by atoms with van der Waals surface area (Å²) in [7, 11) is 3.87. The van der Waals surface area contributed by atoms with Gasteiger partial charge in [-0.25, -0.2) is 4.98 Å². The van der Waals surface area contributed by atoms with Gasteiger partial charge in [0.05, 0.1) is 16.3 Å². The van der Waals surface area contributed by atoms with Crippen molar-refractivity contribution < 1.29 is 19.2 Å². The van der Waals surface area contributed by atoms with E-state index < -0.39 is 29.8 Å². The van der Waals surface area contributed by atoms with E-state index in [1.54, 1.807) is 0 Å². The van der Waals surface area contributed by atoms with Crippen LogP contribution >= 0.6 is 11.3 Å². The smallest absolute Gasteiger partial charge is 0.268 e. The molecule has 1 fully saturated rings. The quantitative estimate of drug-likeness (QED) is 0.182. The Morgan fingerprint density at radius 1 is 1.05 bits per heavy atom. The Kier molecular flexibility index (Phi) is 9.22. The van der Waals surface area contributed by atoms with Crippen molar-refractivity contribution in [2.75, 3.05) is 20.6 Å². The summed E-state index contributed by atoms with van der Waals surface area (Å²) >= 11 is 1.26. The summed E-state index contributed by atoms with van der Waals surface area (Å²) in [6.45, 7) is 5.01. The number of nitrogens with zero attached hydrogens (tertiary/aromatic N) is 2. The lowest BCUT2D eigenvalue weighted by molar-refractivity contribution is -0.125. The van der Waals surface area contributed by atoms with E-state index in [1.165, 1.54) is 11.3 Å². The third-order valence-corrected chi connectivity index (χ3v) is 8.72. The number of hydrogen-bond donors (Lipinski definition) is 4. The number of hydrogen-bond acceptors (Lipinski definition) is 7. The number of aromatic nitrogens is 2. The molecule has 1 aliphatic heterocycles. The number of carbonyl (C=O) groups is 4. The van der Waals surface area contributed by atoms with Crippen LogP contribution in [0.4, 0.5) is 0 Å². The number of rotatable bonds is 12. The molecule has 3 amide bonds. The number of Topliss-reactive ketones (excluding diaryl/α,β-unsaturated/α-hetero) is 1. The number of carbonyl (C=O) groups excluding carboxylic acids is 4. The Hall–Kier alpha value is -4.09. The molecule has 10 nitrogen and oxygen atoms in total. The predicted octanol–water partition coefficient (Wildman–Crippen LogP) is 3.88. The van der Waals surface area contributed by atoms with Crippen LogP contribution in [0.3, 0.4) is 0 Å². The number of benzene rings is 2. The van der Waals surface area contributed by atoms with Crippen LogP contribution in [0.1, 0.15) is 59.0 Å². The van der Waals surface area contributed by atoms with E-state index in [9.17, 15) is 19.2 Å². The molecule has 4 aromatic rings. The highest BCUT2D eigenvalue weighted by Gasteiger charge is 2.35. The monoisotopic (exact) mass is 602 g/mol. The van der Waals surface area contributed by atoms with Crippen molar-refractivity contribution in [3.8, 4) is 0 Å². The number of nitrogens with one attached hydrogen (secondary N) is 4. The molecule has 2 aromatic carbocycles. The Bertz CT molecular complexity index is 1620. The Morgan fingerprint density at radius 2 is 1.79 bits per heavy atom. The Balaban J connectivity index is 1.40. The zero-order chi connectivity index (χ0) is 30.7. The maximum absolute atomic E-state index is 13.8. The van der Waals surface area contributed by atoms with Gasteiger partial charge in [0.2, 0.25) is 17.6 Å². The molecule has 43 heavy (non-hydrogen) atoms. The first kappa shape index (κ1) is 30.4. The number of amides is 3. The number of para-hydroxylation sites is 2. The second-order valence-electron chi connectivity index (χ2n) is 11.8. The fraction of sp³-hybridized carbons (Fsp3) is 0.406. The minimum Gasteiger partial charge on any atom is -0.356 e. The summed E-state index contributed by atoms with van der Waals surface area (Å²) in [5, 5.41) is 9.89. The van der Waals surface area contributed by atoms with Crippen molar-refractivity contribution in [3.05, 3.63) is 64.8 Å². The third-order valence-electron chi connectivity index (χ3n) is 7.66. The van der Waals surface area contributed by atoms with E-state index >= 15 is 0 Å². The van der Waals surface area contributed by atoms with E-state index in [0.717, 1.165) is 21.2 Å². The van der Waals surface area contributed by atoms with Gasteiger partial charge in [0.1, 0.15) is 11.7 Å². The van der Waals surface area contributed by atoms with Crippen LogP contribution in [0.5, 0.6) is 0 Å². The van der Waals surface area contributed by atoms with Gasteiger partial charge in [0, 0.05) is 35.5 Å². The van der Waals surface area contributed by atoms with Crippen molar-refractivity contribution >= 4 is 56.0 Å². The first-order valence-corrected chi connectivity index (χ1v) is 15.5. The highest BCUT2D eigenvalue weighted by atomic mass is 32.1. The third kappa shape index (κ3) is 6.94. The SMILES string of the molecule is CC(C)C[C@H](NC(=O)c1[nH]c2ccccc2c1CN(C)C)C(=O)N[C@@H](CC1CCNC1=O)C(=O)c1nc2ccccc2s1. The fourth-order valence-corrected chi connectivity index (χ4v) is 6.55. The molecule has 0 radical (unpaired) electrons. The first-order valence-electron chi connectivity index (χ1n) is 14.6. The standard InChI is InChI=1S/C32H38N6O4S/c1-18(2)15-25(36-31(42)27-21(17-38(3)4)20-9-5-6-10-22(20)34-27)30(41)35-24(16-19-13-14-33-29(19)40)28(39)32-37-23-11-7-8-12-26(23)43-32/h5-12,18-19,24-25,34H,13-17H2,1-4H3,(H,33,40)(H,35,41)(H,36,42)/t19?,24-,25-/m0/s1. The molecule has 1 unspecified atom stereocenters. The summed E-state index contributed by atoms with van der Waals surface area (Å²) < 4.78 is 0.867. The van der Waals surface area contributed by atoms with Gasteiger partial charge >= 0.3 is 0 Å². The number of H-pyrrole nitrogens is 1. The first-order chi connectivity index (χ1) is 20.6. The fourth-order valence-electron chi connectivity index (χ4n) is 5.59. The van der Waals surface area contributed by atoms with Gasteiger partial charge in [-0.1, -0.05) is 44.2 Å². The van der Waals surface area contributed by atoms with Crippen LogP contribution in [-0.2, 0) is 16.1 Å². The van der Waals surface area contributed by atoms with Crippen molar-refractivity contribution in [1.29, 1.82) is 0 Å². The average molecular weight is 603 g/mol. The topological polar surface area (TPSA) is 136 Å². The normalized spacial score (nSPS) is 16.5. The average Bonchev–Trinajstić information content (AvgIpc) is 3.68. The summed E-state index contributed by atoms with van der Waals surface area (Å²) in [5.41, 5.74) is 2.79. The Morgan fingerprint density at radius 3 is 2.49 bits per heavy atom. The number of fused-ring (bicyclic) bond motifs is 2. The van der Waals surface area contributed by atoms with Gasteiger partial charge in [-0.05, 0) is 57.5 Å². The van der Waals surface area contributed by atoms with Gasteiger partial charge in [-0.15, -0.1) is 11.3 Å². The van der Waals surface area contributed by atoms with Crippen LogP contribution in [0.15, 0.2) is 48.5 Å². The lowest BCUT2D eigenvalue weighted by atomic mass is 9.95. The second kappa shape index (κ2) is 13.0. The van der Waals surface area contributed by atoms with Crippen LogP contribution in [0, 0.1) is 11.8 Å². The number of ketones is 1. The molecule has 0 aliphatic carbocycles. The molecule has 3 atom stereocenters. The summed E-state index contributed by atoms with van der Waals surface area (Å²) in [5.74, 6) is -1.65. The van der Waals surface area contributed by atoms with Gasteiger partial charge in [0.15, 0.2) is 5.01 Å². The molecule has 3 heterocycles. The molecule has 2 aromatic heterocycles. The lowest BCUT2D eigenvalue weighted by Crippen LogP contribution is -2.52. The van der Waals surface area contributed by atoms with E-state index in [-0.39, 0.29) is 29.0 Å². The zero-order valence-corrected chi connectivity index (χ0v) is 25.7. The van der Waals surface area contributed by atoms with Crippen molar-refractivity contribution in [1.82, 2.24) is 30.8 Å². The summed E-state index contributed by atoms with van der Waals surface area (Å²) in [6, 6.07) is 13.3. The molecule has 11 heteroatoms. The minimum absolute atomic E-state index is 0.0824. The maximum atomic E-state index is 13.8. The van der Waals surface area contributed by atoms with Gasteiger partial charge in [-0.3, -0.25) is 19.2 Å². The molecular weight excluding hydrogens is 564 g/mol. The second-order valence-corrected chi connectivity index (χ2v) is 12.9. The molecule has 1 aliphatic rings. The highest BCUT2D eigenvalue weighted by Crippen LogP contribution is 2.26. The molecule has 226 valence electrons. The van der Waals surface area contributed by atoms with E-state index in [0.29, 0.717) is 37.1 Å². The highest BCUT2D eigenvalue weighted by molar-refractivity contribution is 7.20. The molecule has 5 rings (SSSR count). The summed E-state index contributed by atoms with van der Waals surface area (Å²) in [6.07, 6.45) is 1.11. The number of thiazole rings is 1. The van der Waals surface area contributed by atoms with Crippen LogP contribution in [-0.4, -0.2) is 71.1 Å². The molecule has 1 saturated heterocycles. The molecule has 0 saturated carbocycles. The van der Waals surface area contributed by atoms with Crippen LogP contribution < -0.4 is 16.0 Å². The van der Waals surface area contributed by atoms with E-state index in [2.05, 4.69) is 25.9 Å². The molecule has 4 N–H and O–H groups in total. The molecule has 0 spiro atoms. The predicted molar refractivity (Wildman–Crippen MR) is 168 cm³/mol. The van der Waals surface area contributed by atoms with E-state index in [4.69, 9.17) is 0 Å². The minimum atomic E-state index is -0.967. The molecule has 0 bridgehead atoms. The molecular formula is C32H38N6O4S.